The second-order valence-electron chi connectivity index (χ2n) is 18.6. The summed E-state index contributed by atoms with van der Waals surface area (Å²) in [6, 6.07) is 5.73. The van der Waals surface area contributed by atoms with Gasteiger partial charge in [-0.15, -0.1) is 0 Å². The van der Waals surface area contributed by atoms with E-state index in [1.54, 1.807) is 51.1 Å². The van der Waals surface area contributed by atoms with Crippen LogP contribution in [0.15, 0.2) is 41.5 Å². The van der Waals surface area contributed by atoms with Crippen molar-refractivity contribution in [3.8, 4) is 0 Å². The minimum atomic E-state index is -3.44. The average molecular weight is 849 g/mol. The van der Waals surface area contributed by atoms with Crippen molar-refractivity contribution in [2.75, 3.05) is 26.2 Å². The quantitative estimate of drug-likeness (QED) is 0.164. The number of amides is 1. The molecular weight excluding hydrogens is 790 g/mol. The number of alkyl halides is 2. The summed E-state index contributed by atoms with van der Waals surface area (Å²) < 4.78 is 72.8. The number of esters is 3. The van der Waals surface area contributed by atoms with Crippen molar-refractivity contribution in [3.05, 3.63) is 47.0 Å². The average Bonchev–Trinajstić information content (AvgIpc) is 3.55. The molecule has 1 aromatic carbocycles. The van der Waals surface area contributed by atoms with Gasteiger partial charge < -0.3 is 48.7 Å². The van der Waals surface area contributed by atoms with Crippen molar-refractivity contribution in [2.24, 2.45) is 16.7 Å². The maximum atomic E-state index is 14.6. The first kappa shape index (κ1) is 44.3. The lowest BCUT2D eigenvalue weighted by molar-refractivity contribution is -0.345. The van der Waals surface area contributed by atoms with Crippen molar-refractivity contribution in [2.45, 2.75) is 153 Å². The molecule has 1 aromatic rings. The summed E-state index contributed by atoms with van der Waals surface area (Å²) >= 11 is 0. The molecule has 332 valence electrons. The molecule has 0 spiro atoms. The predicted molar refractivity (Wildman–Crippen MR) is 206 cm³/mol. The molecule has 6 aliphatic rings. The Kier molecular flexibility index (Phi) is 11.7. The molecule has 0 unspecified atom stereocenters. The van der Waals surface area contributed by atoms with Crippen LogP contribution in [0.25, 0.3) is 0 Å². The number of carbonyl (C=O) groups excluding carboxylic acids is 4. The zero-order valence-corrected chi connectivity index (χ0v) is 35.4. The van der Waals surface area contributed by atoms with Gasteiger partial charge in [0.2, 0.25) is 0 Å². The Morgan fingerprint density at radius 1 is 1.07 bits per heavy atom. The van der Waals surface area contributed by atoms with E-state index in [-0.39, 0.29) is 12.2 Å². The van der Waals surface area contributed by atoms with E-state index < -0.39 is 119 Å². The van der Waals surface area contributed by atoms with Crippen molar-refractivity contribution < 1.29 is 71.3 Å². The highest BCUT2D eigenvalue weighted by Crippen LogP contribution is 2.66. The molecule has 2 bridgehead atoms. The van der Waals surface area contributed by atoms with Gasteiger partial charge in [0, 0.05) is 30.7 Å². The predicted octanol–water partition coefficient (Wildman–Crippen LogP) is 4.07. The van der Waals surface area contributed by atoms with Crippen LogP contribution < -0.4 is 5.32 Å². The van der Waals surface area contributed by atoms with Crippen LogP contribution in [0.5, 0.6) is 0 Å². The van der Waals surface area contributed by atoms with Gasteiger partial charge in [-0.05, 0) is 83.3 Å². The number of hydrogen-bond donors (Lipinski definition) is 3. The lowest BCUT2D eigenvalue weighted by Crippen LogP contribution is -2.79. The number of ether oxygens (including phenoxy) is 7. The molecule has 1 amide bonds. The van der Waals surface area contributed by atoms with Gasteiger partial charge in [0.05, 0.1) is 30.3 Å². The molecule has 3 saturated heterocycles. The summed E-state index contributed by atoms with van der Waals surface area (Å²) in [6.07, 6.45) is -10.0. The SMILES string of the molecule is CC(=O)O[C@@]12CO[C@@H]1CC[C@@]1(C)[C@@H]3O[C@H](CN4CCC4)O[C@@H]3C3=C(C)[C@@H](OC(=O)[C@](C)(O)[C@@H](NC(=O)OC(C)C)C(F)F)C[C@@](O)([C@@H](OC(=O)c4ccccc4)[C@@H]12)C3(C)C. The fraction of sp³-hybridized carbons (Fsp3) is 0.721. The Balaban J connectivity index is 1.39. The molecule has 2 saturated carbocycles. The summed E-state index contributed by atoms with van der Waals surface area (Å²) in [4.78, 5) is 56.2. The second kappa shape index (κ2) is 15.9. The van der Waals surface area contributed by atoms with Crippen molar-refractivity contribution in [1.29, 1.82) is 0 Å². The zero-order valence-electron chi connectivity index (χ0n) is 35.4. The number of alkyl carbamates (subject to hydrolysis) is 1. The van der Waals surface area contributed by atoms with Crippen LogP contribution in [0.2, 0.25) is 0 Å². The molecular formula is C43H58F2N2O13. The molecule has 3 N–H and O–H groups in total. The number of fused-ring (bicyclic) bond motifs is 8. The normalized spacial score (nSPS) is 37.1. The fourth-order valence-corrected chi connectivity index (χ4v) is 10.7. The number of aliphatic hydroxyl groups is 2. The summed E-state index contributed by atoms with van der Waals surface area (Å²) in [6.45, 7) is 14.3. The molecule has 15 nitrogen and oxygen atoms in total. The van der Waals surface area contributed by atoms with Crippen LogP contribution in [-0.4, -0.2) is 138 Å². The molecule has 5 fully saturated rings. The Bertz CT molecular complexity index is 1870. The van der Waals surface area contributed by atoms with E-state index in [0.29, 0.717) is 30.5 Å². The monoisotopic (exact) mass is 848 g/mol. The van der Waals surface area contributed by atoms with E-state index in [1.165, 1.54) is 20.8 Å². The Hall–Kier alpha value is -3.74. The first-order valence-electron chi connectivity index (χ1n) is 20.8. The van der Waals surface area contributed by atoms with Gasteiger partial charge in [0.15, 0.2) is 17.5 Å². The third-order valence-electron chi connectivity index (χ3n) is 14.0. The highest BCUT2D eigenvalue weighted by atomic mass is 19.3. The number of halogens is 2. The molecule has 3 aliphatic carbocycles. The summed E-state index contributed by atoms with van der Waals surface area (Å²) in [5, 5.41) is 27.1. The Labute approximate surface area is 348 Å². The third-order valence-corrected chi connectivity index (χ3v) is 14.0. The van der Waals surface area contributed by atoms with E-state index in [0.717, 1.165) is 26.4 Å². The van der Waals surface area contributed by atoms with E-state index in [1.807, 2.05) is 12.2 Å². The van der Waals surface area contributed by atoms with Crippen LogP contribution in [-0.2, 0) is 42.7 Å². The number of nitrogens with one attached hydrogen (secondary N) is 1. The number of rotatable bonds is 11. The first-order chi connectivity index (χ1) is 28.1. The number of nitrogens with zero attached hydrogens (tertiary/aromatic N) is 1. The van der Waals surface area contributed by atoms with Crippen molar-refractivity contribution in [3.63, 3.8) is 0 Å². The molecule has 0 aromatic heterocycles. The maximum Gasteiger partial charge on any atom is 0.407 e. The minimum absolute atomic E-state index is 0.0763. The van der Waals surface area contributed by atoms with Gasteiger partial charge in [-0.1, -0.05) is 39.0 Å². The summed E-state index contributed by atoms with van der Waals surface area (Å²) in [7, 11) is 0. The molecule has 7 rings (SSSR count). The highest BCUT2D eigenvalue weighted by Gasteiger charge is 2.77. The lowest BCUT2D eigenvalue weighted by atomic mass is 9.45. The van der Waals surface area contributed by atoms with E-state index >= 15 is 0 Å². The number of benzene rings is 1. The summed E-state index contributed by atoms with van der Waals surface area (Å²) in [5.41, 5.74) is -7.93. The zero-order chi connectivity index (χ0) is 43.7. The number of hydrogen-bond acceptors (Lipinski definition) is 14. The minimum Gasteiger partial charge on any atom is -0.456 e. The third kappa shape index (κ3) is 7.29. The van der Waals surface area contributed by atoms with Crippen LogP contribution >= 0.6 is 0 Å². The maximum absolute atomic E-state index is 14.6. The topological polar surface area (TPSA) is 189 Å². The van der Waals surface area contributed by atoms with Gasteiger partial charge in [-0.25, -0.2) is 23.2 Å². The number of likely N-dealkylation sites (tertiary alicyclic amines) is 1. The van der Waals surface area contributed by atoms with Crippen LogP contribution in [0.4, 0.5) is 13.6 Å². The Morgan fingerprint density at radius 2 is 1.75 bits per heavy atom. The molecule has 17 heteroatoms. The first-order valence-corrected chi connectivity index (χ1v) is 20.8. The Morgan fingerprint density at radius 3 is 2.32 bits per heavy atom. The lowest BCUT2D eigenvalue weighted by Gasteiger charge is -2.68. The standard InChI is InChI=1S/C43H58F2N2O13/c1-22(2)55-38(51)46-32(35(44)45)41(8,52)37(50)56-26-19-43(53)34(59-36(49)25-13-10-9-11-14-25)31-40(7,16-15-27-42(31,21-54-27)60-24(4)48)33-30(29(23(26)3)39(43,5)6)57-28(58-33)20-47-17-12-18-47/h9-11,13-14,22,26-28,30-35,52-53H,12,15-21H2,1-8H3,(H,46,51)/t26-,27+,28+,30+,31-,32-,33+,34-,40+,41+,42-,43+/m0/s1. The molecule has 12 atom stereocenters. The van der Waals surface area contributed by atoms with Gasteiger partial charge in [0.25, 0.3) is 6.43 Å². The largest absolute Gasteiger partial charge is 0.456 e. The smallest absolute Gasteiger partial charge is 0.407 e. The van der Waals surface area contributed by atoms with E-state index in [4.69, 9.17) is 33.2 Å². The summed E-state index contributed by atoms with van der Waals surface area (Å²) in [5.74, 6) is -3.93. The molecule has 60 heavy (non-hydrogen) atoms. The molecule has 3 heterocycles. The second-order valence-corrected chi connectivity index (χ2v) is 18.6. The van der Waals surface area contributed by atoms with Gasteiger partial charge in [-0.2, -0.15) is 0 Å². The number of carbonyl (C=O) groups is 4. The fourth-order valence-electron chi connectivity index (χ4n) is 10.7. The van der Waals surface area contributed by atoms with E-state index in [2.05, 4.69) is 4.90 Å². The van der Waals surface area contributed by atoms with E-state index in [9.17, 15) is 38.2 Å². The molecule has 3 aliphatic heterocycles. The van der Waals surface area contributed by atoms with Gasteiger partial charge >= 0.3 is 24.0 Å². The van der Waals surface area contributed by atoms with Crippen LogP contribution in [0.3, 0.4) is 0 Å². The van der Waals surface area contributed by atoms with Crippen LogP contribution in [0, 0.1) is 16.7 Å². The highest BCUT2D eigenvalue weighted by molar-refractivity contribution is 5.89. The van der Waals surface area contributed by atoms with Crippen LogP contribution in [0.1, 0.15) is 91.4 Å². The van der Waals surface area contributed by atoms with Crippen molar-refractivity contribution >= 4 is 24.0 Å². The van der Waals surface area contributed by atoms with Crippen molar-refractivity contribution in [1.82, 2.24) is 10.2 Å². The van der Waals surface area contributed by atoms with Gasteiger partial charge in [-0.3, -0.25) is 9.69 Å². The molecule has 0 radical (unpaired) electrons. The van der Waals surface area contributed by atoms with Gasteiger partial charge in [0.1, 0.15) is 36.1 Å².